The minimum atomic E-state index is -0.354. The lowest BCUT2D eigenvalue weighted by Crippen LogP contribution is -2.49. The van der Waals surface area contributed by atoms with Gasteiger partial charge in [-0.2, -0.15) is 0 Å². The SMILES string of the molecule is CC(NCC1(O)CCC1)C1CCCC1. The van der Waals surface area contributed by atoms with Gasteiger partial charge in [0.25, 0.3) is 0 Å². The Labute approximate surface area is 87.1 Å². The highest BCUT2D eigenvalue weighted by molar-refractivity contribution is 4.91. The van der Waals surface area contributed by atoms with Gasteiger partial charge >= 0.3 is 0 Å². The molecule has 2 saturated carbocycles. The molecular formula is C12H23NO. The third-order valence-electron chi connectivity index (χ3n) is 4.14. The predicted octanol–water partition coefficient (Wildman–Crippen LogP) is 2.07. The molecule has 14 heavy (non-hydrogen) atoms. The molecule has 0 aromatic heterocycles. The summed E-state index contributed by atoms with van der Waals surface area (Å²) >= 11 is 0. The largest absolute Gasteiger partial charge is 0.389 e. The highest BCUT2D eigenvalue weighted by Crippen LogP contribution is 2.32. The Morgan fingerprint density at radius 1 is 1.29 bits per heavy atom. The summed E-state index contributed by atoms with van der Waals surface area (Å²) in [7, 11) is 0. The topological polar surface area (TPSA) is 32.3 Å². The van der Waals surface area contributed by atoms with Gasteiger partial charge in [0.15, 0.2) is 0 Å². The monoisotopic (exact) mass is 197 g/mol. The Balaban J connectivity index is 1.68. The van der Waals surface area contributed by atoms with Crippen molar-refractivity contribution in [3.05, 3.63) is 0 Å². The van der Waals surface area contributed by atoms with Crippen LogP contribution in [0, 0.1) is 5.92 Å². The van der Waals surface area contributed by atoms with Crippen molar-refractivity contribution >= 4 is 0 Å². The Bertz CT molecular complexity index is 183. The summed E-state index contributed by atoms with van der Waals surface area (Å²) in [6.07, 6.45) is 8.77. The second-order valence-electron chi connectivity index (χ2n) is 5.29. The molecule has 2 fully saturated rings. The van der Waals surface area contributed by atoms with E-state index in [4.69, 9.17) is 0 Å². The smallest absolute Gasteiger partial charge is 0.0771 e. The fourth-order valence-electron chi connectivity index (χ4n) is 2.74. The second-order valence-corrected chi connectivity index (χ2v) is 5.29. The lowest BCUT2D eigenvalue weighted by molar-refractivity contribution is -0.0340. The van der Waals surface area contributed by atoms with Gasteiger partial charge in [-0.3, -0.25) is 0 Å². The number of nitrogens with one attached hydrogen (secondary N) is 1. The van der Waals surface area contributed by atoms with Gasteiger partial charge in [0.2, 0.25) is 0 Å². The quantitative estimate of drug-likeness (QED) is 0.723. The molecule has 82 valence electrons. The maximum atomic E-state index is 9.94. The van der Waals surface area contributed by atoms with Crippen molar-refractivity contribution in [3.8, 4) is 0 Å². The van der Waals surface area contributed by atoms with E-state index in [-0.39, 0.29) is 5.60 Å². The first-order valence-electron chi connectivity index (χ1n) is 6.15. The Morgan fingerprint density at radius 2 is 1.93 bits per heavy atom. The van der Waals surface area contributed by atoms with Gasteiger partial charge in [0.05, 0.1) is 5.60 Å². The van der Waals surface area contributed by atoms with Crippen molar-refractivity contribution in [1.82, 2.24) is 5.32 Å². The number of aliphatic hydroxyl groups is 1. The summed E-state index contributed by atoms with van der Waals surface area (Å²) in [5, 5.41) is 13.5. The molecule has 2 N–H and O–H groups in total. The highest BCUT2D eigenvalue weighted by Gasteiger charge is 2.34. The van der Waals surface area contributed by atoms with Crippen molar-refractivity contribution in [2.45, 2.75) is 63.5 Å². The van der Waals surface area contributed by atoms with Gasteiger partial charge < -0.3 is 10.4 Å². The van der Waals surface area contributed by atoms with E-state index in [0.29, 0.717) is 6.04 Å². The molecule has 1 unspecified atom stereocenters. The molecule has 0 heterocycles. The molecule has 0 bridgehead atoms. The van der Waals surface area contributed by atoms with Crippen LogP contribution >= 0.6 is 0 Å². The maximum absolute atomic E-state index is 9.94. The molecule has 0 radical (unpaired) electrons. The van der Waals surface area contributed by atoms with Gasteiger partial charge in [-0.15, -0.1) is 0 Å². The van der Waals surface area contributed by atoms with E-state index >= 15 is 0 Å². The molecule has 1 atom stereocenters. The molecule has 2 nitrogen and oxygen atoms in total. The van der Waals surface area contributed by atoms with Crippen LogP contribution in [0.25, 0.3) is 0 Å². The lowest BCUT2D eigenvalue weighted by Gasteiger charge is -2.38. The summed E-state index contributed by atoms with van der Waals surface area (Å²) in [6, 6.07) is 0.599. The van der Waals surface area contributed by atoms with Crippen LogP contribution in [0.4, 0.5) is 0 Å². The van der Waals surface area contributed by atoms with E-state index in [2.05, 4.69) is 12.2 Å². The average molecular weight is 197 g/mol. The molecule has 2 heteroatoms. The van der Waals surface area contributed by atoms with Crippen LogP contribution in [-0.4, -0.2) is 23.3 Å². The summed E-state index contributed by atoms with van der Waals surface area (Å²) in [5.41, 5.74) is -0.354. The first-order valence-corrected chi connectivity index (χ1v) is 6.15. The van der Waals surface area contributed by atoms with Gasteiger partial charge in [-0.05, 0) is 44.9 Å². The average Bonchev–Trinajstić information content (AvgIpc) is 2.63. The van der Waals surface area contributed by atoms with E-state index < -0.39 is 0 Å². The predicted molar refractivity (Wildman–Crippen MR) is 58.2 cm³/mol. The lowest BCUT2D eigenvalue weighted by atomic mass is 9.80. The highest BCUT2D eigenvalue weighted by atomic mass is 16.3. The summed E-state index contributed by atoms with van der Waals surface area (Å²) < 4.78 is 0. The second kappa shape index (κ2) is 4.19. The Morgan fingerprint density at radius 3 is 2.43 bits per heavy atom. The third kappa shape index (κ3) is 2.29. The minimum Gasteiger partial charge on any atom is -0.389 e. The molecule has 2 rings (SSSR count). The molecular weight excluding hydrogens is 174 g/mol. The van der Waals surface area contributed by atoms with E-state index in [1.165, 1.54) is 32.1 Å². The summed E-state index contributed by atoms with van der Waals surface area (Å²) in [4.78, 5) is 0. The number of hydrogen-bond acceptors (Lipinski definition) is 2. The van der Waals surface area contributed by atoms with Gasteiger partial charge in [0, 0.05) is 12.6 Å². The molecule has 0 aliphatic heterocycles. The molecule has 0 spiro atoms. The Hall–Kier alpha value is -0.0800. The van der Waals surface area contributed by atoms with Crippen molar-refractivity contribution in [1.29, 1.82) is 0 Å². The fourth-order valence-corrected chi connectivity index (χ4v) is 2.74. The van der Waals surface area contributed by atoms with E-state index in [1.807, 2.05) is 0 Å². The zero-order chi connectivity index (χ0) is 10.0. The first kappa shape index (κ1) is 10.4. The van der Waals surface area contributed by atoms with Crippen LogP contribution in [0.1, 0.15) is 51.9 Å². The van der Waals surface area contributed by atoms with Crippen LogP contribution < -0.4 is 5.32 Å². The molecule has 0 aromatic rings. The van der Waals surface area contributed by atoms with Crippen molar-refractivity contribution < 1.29 is 5.11 Å². The molecule has 2 aliphatic carbocycles. The van der Waals surface area contributed by atoms with Gasteiger partial charge in [-0.1, -0.05) is 12.8 Å². The number of hydrogen-bond donors (Lipinski definition) is 2. The van der Waals surface area contributed by atoms with E-state index in [0.717, 1.165) is 25.3 Å². The van der Waals surface area contributed by atoms with Gasteiger partial charge in [0.1, 0.15) is 0 Å². The molecule has 0 saturated heterocycles. The summed E-state index contributed by atoms with van der Waals surface area (Å²) in [6.45, 7) is 3.09. The normalized spacial score (nSPS) is 28.7. The van der Waals surface area contributed by atoms with E-state index in [9.17, 15) is 5.11 Å². The van der Waals surface area contributed by atoms with Crippen LogP contribution in [0.3, 0.4) is 0 Å². The van der Waals surface area contributed by atoms with Crippen molar-refractivity contribution in [2.75, 3.05) is 6.54 Å². The maximum Gasteiger partial charge on any atom is 0.0771 e. The first-order chi connectivity index (χ1) is 6.70. The van der Waals surface area contributed by atoms with Crippen molar-refractivity contribution in [3.63, 3.8) is 0 Å². The third-order valence-corrected chi connectivity index (χ3v) is 4.14. The number of rotatable bonds is 4. The van der Waals surface area contributed by atoms with Crippen molar-refractivity contribution in [2.24, 2.45) is 5.92 Å². The Kier molecular flexibility index (Phi) is 3.13. The van der Waals surface area contributed by atoms with Crippen LogP contribution in [0.15, 0.2) is 0 Å². The standard InChI is InChI=1S/C12H23NO/c1-10(11-5-2-3-6-11)13-9-12(14)7-4-8-12/h10-11,13-14H,2-9H2,1H3. The van der Waals surface area contributed by atoms with E-state index in [1.54, 1.807) is 0 Å². The molecule has 0 amide bonds. The zero-order valence-electron chi connectivity index (χ0n) is 9.26. The molecule has 0 aromatic carbocycles. The summed E-state index contributed by atoms with van der Waals surface area (Å²) in [5.74, 6) is 0.860. The molecule has 2 aliphatic rings. The van der Waals surface area contributed by atoms with Crippen LogP contribution in [0.5, 0.6) is 0 Å². The minimum absolute atomic E-state index is 0.354. The van der Waals surface area contributed by atoms with Crippen LogP contribution in [-0.2, 0) is 0 Å². The van der Waals surface area contributed by atoms with Gasteiger partial charge in [-0.25, -0.2) is 0 Å². The van der Waals surface area contributed by atoms with Crippen LogP contribution in [0.2, 0.25) is 0 Å². The fraction of sp³-hybridized carbons (Fsp3) is 1.00. The zero-order valence-corrected chi connectivity index (χ0v) is 9.26.